The van der Waals surface area contributed by atoms with Gasteiger partial charge in [0.2, 0.25) is 5.55 Å². The second-order valence-electron chi connectivity index (χ2n) is 6.82. The number of phenols is 1. The van der Waals surface area contributed by atoms with Crippen LogP contribution in [0.15, 0.2) is 57.9 Å². The Kier molecular flexibility index (Phi) is 5.48. The second kappa shape index (κ2) is 8.36. The summed E-state index contributed by atoms with van der Waals surface area (Å²) < 4.78 is 16.8. The van der Waals surface area contributed by atoms with Gasteiger partial charge >= 0.3 is 0 Å². The zero-order valence-corrected chi connectivity index (χ0v) is 16.1. The highest BCUT2D eigenvalue weighted by molar-refractivity contribution is 5.96. The van der Waals surface area contributed by atoms with Crippen molar-refractivity contribution in [2.24, 2.45) is 4.99 Å². The van der Waals surface area contributed by atoms with Crippen LogP contribution in [-0.2, 0) is 4.74 Å². The van der Waals surface area contributed by atoms with Gasteiger partial charge in [-0.1, -0.05) is 12.1 Å². The highest BCUT2D eigenvalue weighted by Gasteiger charge is 2.19. The van der Waals surface area contributed by atoms with Crippen molar-refractivity contribution in [1.29, 1.82) is 0 Å². The first-order valence-corrected chi connectivity index (χ1v) is 9.48. The van der Waals surface area contributed by atoms with E-state index in [1.807, 2.05) is 12.1 Å². The molecular formula is C22H22N2O5. The van der Waals surface area contributed by atoms with Crippen molar-refractivity contribution in [2.45, 2.75) is 18.9 Å². The lowest BCUT2D eigenvalue weighted by atomic mass is 10.1. The normalized spacial score (nSPS) is 16.9. The molecule has 0 aliphatic carbocycles. The Morgan fingerprint density at radius 3 is 2.93 bits per heavy atom. The Labute approximate surface area is 167 Å². The van der Waals surface area contributed by atoms with Crippen molar-refractivity contribution in [3.8, 4) is 11.5 Å². The third-order valence-electron chi connectivity index (χ3n) is 4.80. The van der Waals surface area contributed by atoms with Crippen LogP contribution in [0.25, 0.3) is 11.0 Å². The van der Waals surface area contributed by atoms with Gasteiger partial charge in [0.25, 0.3) is 5.91 Å². The minimum absolute atomic E-state index is 0.0305. The zero-order chi connectivity index (χ0) is 20.2. The number of fused-ring (bicyclic) bond motifs is 1. The number of nitrogens with one attached hydrogen (secondary N) is 1. The van der Waals surface area contributed by atoms with Crippen LogP contribution in [0.1, 0.15) is 23.2 Å². The van der Waals surface area contributed by atoms with Crippen LogP contribution in [0.3, 0.4) is 0 Å². The van der Waals surface area contributed by atoms with Crippen LogP contribution in [-0.4, -0.2) is 37.4 Å². The maximum atomic E-state index is 12.9. The van der Waals surface area contributed by atoms with Crippen molar-refractivity contribution in [3.05, 3.63) is 59.6 Å². The molecule has 1 aromatic heterocycles. The molecule has 0 bridgehead atoms. The van der Waals surface area contributed by atoms with Gasteiger partial charge in [0.05, 0.1) is 13.2 Å². The van der Waals surface area contributed by atoms with Crippen molar-refractivity contribution in [2.75, 3.05) is 20.3 Å². The van der Waals surface area contributed by atoms with Crippen LogP contribution in [0.2, 0.25) is 0 Å². The van der Waals surface area contributed by atoms with Gasteiger partial charge in [0.1, 0.15) is 28.3 Å². The fraction of sp³-hybridized carbons (Fsp3) is 0.273. The summed E-state index contributed by atoms with van der Waals surface area (Å²) >= 11 is 0. The fourth-order valence-electron chi connectivity index (χ4n) is 3.29. The van der Waals surface area contributed by atoms with E-state index >= 15 is 0 Å². The second-order valence-corrected chi connectivity index (χ2v) is 6.82. The average molecular weight is 394 g/mol. The number of carbonyl (C=O) groups is 1. The summed E-state index contributed by atoms with van der Waals surface area (Å²) in [5, 5.41) is 13.4. The summed E-state index contributed by atoms with van der Waals surface area (Å²) in [7, 11) is 1.55. The molecule has 0 spiro atoms. The predicted molar refractivity (Wildman–Crippen MR) is 107 cm³/mol. The highest BCUT2D eigenvalue weighted by Crippen LogP contribution is 2.26. The van der Waals surface area contributed by atoms with Gasteiger partial charge < -0.3 is 24.3 Å². The van der Waals surface area contributed by atoms with Crippen molar-refractivity contribution >= 4 is 22.6 Å². The van der Waals surface area contributed by atoms with Crippen LogP contribution in [0.5, 0.6) is 11.5 Å². The van der Waals surface area contributed by atoms with Gasteiger partial charge in [0, 0.05) is 24.6 Å². The Morgan fingerprint density at radius 2 is 2.14 bits per heavy atom. The van der Waals surface area contributed by atoms with Crippen LogP contribution in [0.4, 0.5) is 5.69 Å². The minimum Gasteiger partial charge on any atom is -0.508 e. The van der Waals surface area contributed by atoms with E-state index in [9.17, 15) is 9.90 Å². The number of aromatic hydroxyl groups is 1. The van der Waals surface area contributed by atoms with Crippen molar-refractivity contribution < 1.29 is 23.8 Å². The number of methoxy groups -OCH3 is 1. The number of para-hydroxylation sites is 2. The predicted octanol–water partition coefficient (Wildman–Crippen LogP) is 3.29. The summed E-state index contributed by atoms with van der Waals surface area (Å²) in [6.07, 6.45) is 1.96. The van der Waals surface area contributed by atoms with Crippen LogP contribution >= 0.6 is 0 Å². The maximum Gasteiger partial charge on any atom is 0.256 e. The molecule has 7 nitrogen and oxygen atoms in total. The first-order chi connectivity index (χ1) is 14.1. The molecule has 0 saturated carbocycles. The molecule has 7 heteroatoms. The van der Waals surface area contributed by atoms with E-state index < -0.39 is 0 Å². The molecule has 1 fully saturated rings. The largest absolute Gasteiger partial charge is 0.508 e. The Balaban J connectivity index is 1.78. The van der Waals surface area contributed by atoms with E-state index in [4.69, 9.17) is 13.9 Å². The minimum atomic E-state index is -0.298. The molecule has 2 N–H and O–H groups in total. The molecule has 0 radical (unpaired) electrons. The van der Waals surface area contributed by atoms with Gasteiger partial charge in [-0.25, -0.2) is 4.99 Å². The SMILES string of the molecule is COc1ccccc1N=c1oc2cc(O)ccc2cc1C(=O)NC[C@@H]1CCCO1. The van der Waals surface area contributed by atoms with Crippen molar-refractivity contribution in [1.82, 2.24) is 5.32 Å². The maximum absolute atomic E-state index is 12.9. The molecular weight excluding hydrogens is 372 g/mol. The van der Waals surface area contributed by atoms with E-state index in [1.54, 1.807) is 37.4 Å². The summed E-state index contributed by atoms with van der Waals surface area (Å²) in [4.78, 5) is 17.4. The lowest BCUT2D eigenvalue weighted by molar-refractivity contribution is 0.0854. The third kappa shape index (κ3) is 4.25. The summed E-state index contributed by atoms with van der Waals surface area (Å²) in [5.74, 6) is 0.331. The number of hydrogen-bond acceptors (Lipinski definition) is 6. The molecule has 2 aromatic carbocycles. The fourth-order valence-corrected chi connectivity index (χ4v) is 3.29. The molecule has 4 rings (SSSR count). The Bertz CT molecular complexity index is 1100. The number of hydrogen-bond donors (Lipinski definition) is 2. The molecule has 2 heterocycles. The Morgan fingerprint density at radius 1 is 1.28 bits per heavy atom. The smallest absolute Gasteiger partial charge is 0.256 e. The molecule has 1 aliphatic rings. The average Bonchev–Trinajstić information content (AvgIpc) is 3.25. The van der Waals surface area contributed by atoms with E-state index in [2.05, 4.69) is 10.3 Å². The van der Waals surface area contributed by atoms with E-state index in [-0.39, 0.29) is 23.3 Å². The number of nitrogens with zero attached hydrogens (tertiary/aromatic N) is 1. The van der Waals surface area contributed by atoms with Gasteiger partial charge in [-0.2, -0.15) is 0 Å². The standard InChI is InChI=1S/C22H22N2O5/c1-27-19-7-3-2-6-18(19)24-22-17(21(26)23-13-16-5-4-10-28-16)11-14-8-9-15(25)12-20(14)29-22/h2-3,6-9,11-12,16,25H,4-5,10,13H2,1H3,(H,23,26)/t16-/m0/s1. The van der Waals surface area contributed by atoms with Crippen LogP contribution < -0.4 is 15.6 Å². The topological polar surface area (TPSA) is 93.3 Å². The van der Waals surface area contributed by atoms with E-state index in [0.29, 0.717) is 34.5 Å². The number of phenolic OH excluding ortho intramolecular Hbond substituents is 1. The summed E-state index contributed by atoms with van der Waals surface area (Å²) in [6.45, 7) is 1.16. The van der Waals surface area contributed by atoms with Crippen LogP contribution in [0, 0.1) is 0 Å². The number of rotatable bonds is 5. The lowest BCUT2D eigenvalue weighted by Gasteiger charge is -2.11. The summed E-state index contributed by atoms with van der Waals surface area (Å²) in [5.41, 5.74) is 1.39. The van der Waals surface area contributed by atoms with E-state index in [1.165, 1.54) is 6.07 Å². The number of carbonyl (C=O) groups excluding carboxylic acids is 1. The molecule has 0 unspecified atom stereocenters. The number of amides is 1. The first-order valence-electron chi connectivity index (χ1n) is 9.48. The van der Waals surface area contributed by atoms with Gasteiger partial charge in [-0.3, -0.25) is 4.79 Å². The third-order valence-corrected chi connectivity index (χ3v) is 4.80. The van der Waals surface area contributed by atoms with Gasteiger partial charge in [-0.15, -0.1) is 0 Å². The highest BCUT2D eigenvalue weighted by atomic mass is 16.5. The lowest BCUT2D eigenvalue weighted by Crippen LogP contribution is -2.34. The Hall–Kier alpha value is -3.32. The molecule has 3 aromatic rings. The molecule has 150 valence electrons. The summed E-state index contributed by atoms with van der Waals surface area (Å²) in [6, 6.07) is 13.6. The molecule has 1 saturated heterocycles. The van der Waals surface area contributed by atoms with E-state index in [0.717, 1.165) is 19.4 Å². The van der Waals surface area contributed by atoms with Gasteiger partial charge in [0.15, 0.2) is 0 Å². The zero-order valence-electron chi connectivity index (χ0n) is 16.1. The monoisotopic (exact) mass is 394 g/mol. The molecule has 29 heavy (non-hydrogen) atoms. The van der Waals surface area contributed by atoms with Crippen molar-refractivity contribution in [3.63, 3.8) is 0 Å². The first kappa shape index (κ1) is 19.0. The number of ether oxygens (including phenoxy) is 2. The molecule has 1 amide bonds. The number of benzene rings is 2. The van der Waals surface area contributed by atoms with Gasteiger partial charge in [-0.05, 0) is 43.2 Å². The quantitative estimate of drug-likeness (QED) is 0.693. The molecule has 1 aliphatic heterocycles. The molecule has 1 atom stereocenters.